The second-order valence-corrected chi connectivity index (χ2v) is 8.98. The molecule has 0 N–H and O–H groups in total. The SMILES string of the molecule is c1ccc(C2(c3ccccc3)c3cc4ccccc4cc3Oc3cc4ccccc4cc32)cc1. The molecule has 0 amide bonds. The lowest BCUT2D eigenvalue weighted by Gasteiger charge is -2.42. The summed E-state index contributed by atoms with van der Waals surface area (Å²) in [7, 11) is 0. The number of benzene rings is 6. The van der Waals surface area contributed by atoms with E-state index in [1.54, 1.807) is 0 Å². The van der Waals surface area contributed by atoms with Crippen LogP contribution in [0, 0.1) is 0 Å². The molecular weight excluding hydrogens is 412 g/mol. The van der Waals surface area contributed by atoms with Gasteiger partial charge < -0.3 is 4.74 Å². The summed E-state index contributed by atoms with van der Waals surface area (Å²) >= 11 is 0. The molecule has 6 aromatic carbocycles. The lowest BCUT2D eigenvalue weighted by atomic mass is 9.63. The molecule has 1 aliphatic heterocycles. The maximum Gasteiger partial charge on any atom is 0.132 e. The minimum atomic E-state index is -0.500. The zero-order valence-electron chi connectivity index (χ0n) is 18.6. The summed E-state index contributed by atoms with van der Waals surface area (Å²) < 4.78 is 6.69. The Bertz CT molecular complexity index is 1540. The average Bonchev–Trinajstić information content (AvgIpc) is 2.90. The van der Waals surface area contributed by atoms with Gasteiger partial charge in [0.1, 0.15) is 11.5 Å². The Morgan fingerprint density at radius 1 is 0.382 bits per heavy atom. The van der Waals surface area contributed by atoms with E-state index in [9.17, 15) is 0 Å². The first-order valence-electron chi connectivity index (χ1n) is 11.7. The van der Waals surface area contributed by atoms with Crippen molar-refractivity contribution in [3.63, 3.8) is 0 Å². The number of hydrogen-bond donors (Lipinski definition) is 0. The number of rotatable bonds is 2. The van der Waals surface area contributed by atoms with Gasteiger partial charge in [-0.25, -0.2) is 0 Å². The van der Waals surface area contributed by atoms with Gasteiger partial charge in [-0.3, -0.25) is 0 Å². The molecule has 1 heteroatoms. The summed E-state index contributed by atoms with van der Waals surface area (Å²) in [6, 6.07) is 47.8. The second kappa shape index (κ2) is 7.33. The summed E-state index contributed by atoms with van der Waals surface area (Å²) in [5.41, 5.74) is 4.31. The van der Waals surface area contributed by atoms with Crippen LogP contribution in [0.2, 0.25) is 0 Å². The predicted octanol–water partition coefficient (Wildman–Crippen LogP) is 8.48. The first-order chi connectivity index (χ1) is 16.8. The van der Waals surface area contributed by atoms with Crippen molar-refractivity contribution < 1.29 is 4.74 Å². The lowest BCUT2D eigenvalue weighted by Crippen LogP contribution is -2.34. The third-order valence-corrected chi connectivity index (χ3v) is 7.14. The molecule has 1 nitrogen and oxygen atoms in total. The van der Waals surface area contributed by atoms with Crippen molar-refractivity contribution in [3.05, 3.63) is 156 Å². The molecule has 0 spiro atoms. The molecule has 0 saturated heterocycles. The normalized spacial score (nSPS) is 13.8. The van der Waals surface area contributed by atoms with E-state index in [1.807, 2.05) is 0 Å². The van der Waals surface area contributed by atoms with Crippen LogP contribution >= 0.6 is 0 Å². The van der Waals surface area contributed by atoms with Gasteiger partial charge in [-0.2, -0.15) is 0 Å². The highest BCUT2D eigenvalue weighted by Gasteiger charge is 2.45. The topological polar surface area (TPSA) is 9.23 Å². The molecule has 6 aromatic rings. The van der Waals surface area contributed by atoms with Crippen LogP contribution in [0.3, 0.4) is 0 Å². The van der Waals surface area contributed by atoms with Gasteiger partial charge in [-0.1, -0.05) is 109 Å². The van der Waals surface area contributed by atoms with E-state index in [2.05, 4.69) is 133 Å². The quantitative estimate of drug-likeness (QED) is 0.265. The Morgan fingerprint density at radius 3 is 1.15 bits per heavy atom. The minimum absolute atomic E-state index is 0.500. The van der Waals surface area contributed by atoms with Gasteiger partial charge in [0.15, 0.2) is 0 Å². The van der Waals surface area contributed by atoms with Crippen LogP contribution in [0.15, 0.2) is 133 Å². The molecule has 0 radical (unpaired) electrons. The highest BCUT2D eigenvalue weighted by Crippen LogP contribution is 2.56. The summed E-state index contributed by atoms with van der Waals surface area (Å²) in [5.74, 6) is 1.82. The minimum Gasteiger partial charge on any atom is -0.457 e. The van der Waals surface area contributed by atoms with Gasteiger partial charge in [-0.05, 0) is 56.9 Å². The van der Waals surface area contributed by atoms with Crippen molar-refractivity contribution >= 4 is 21.5 Å². The van der Waals surface area contributed by atoms with E-state index in [0.717, 1.165) is 11.5 Å². The van der Waals surface area contributed by atoms with Crippen LogP contribution in [0.25, 0.3) is 21.5 Å². The number of hydrogen-bond acceptors (Lipinski definition) is 1. The highest BCUT2D eigenvalue weighted by molar-refractivity contribution is 5.91. The molecule has 0 atom stereocenters. The molecule has 1 aliphatic rings. The van der Waals surface area contributed by atoms with Crippen molar-refractivity contribution in [2.75, 3.05) is 0 Å². The Morgan fingerprint density at radius 2 is 0.735 bits per heavy atom. The fourth-order valence-corrected chi connectivity index (χ4v) is 5.62. The molecule has 0 aromatic heterocycles. The van der Waals surface area contributed by atoms with Crippen molar-refractivity contribution in [1.82, 2.24) is 0 Å². The average molecular weight is 435 g/mol. The maximum atomic E-state index is 6.69. The third kappa shape index (κ3) is 2.67. The number of ether oxygens (including phenoxy) is 1. The first-order valence-corrected chi connectivity index (χ1v) is 11.7. The van der Waals surface area contributed by atoms with Crippen LogP contribution in [-0.4, -0.2) is 0 Å². The molecule has 7 rings (SSSR count). The molecule has 0 bridgehead atoms. The fraction of sp³-hybridized carbons (Fsp3) is 0.0303. The van der Waals surface area contributed by atoms with Crippen molar-refractivity contribution in [3.8, 4) is 11.5 Å². The van der Waals surface area contributed by atoms with Crippen LogP contribution < -0.4 is 4.74 Å². The van der Waals surface area contributed by atoms with Gasteiger partial charge in [0.25, 0.3) is 0 Å². The maximum absolute atomic E-state index is 6.69. The Labute approximate surface area is 198 Å². The molecule has 0 saturated carbocycles. The van der Waals surface area contributed by atoms with Gasteiger partial charge in [0.05, 0.1) is 5.41 Å². The molecule has 34 heavy (non-hydrogen) atoms. The van der Waals surface area contributed by atoms with E-state index in [-0.39, 0.29) is 0 Å². The Balaban J connectivity index is 1.69. The smallest absolute Gasteiger partial charge is 0.132 e. The van der Waals surface area contributed by atoms with Gasteiger partial charge in [0, 0.05) is 11.1 Å². The van der Waals surface area contributed by atoms with E-state index in [0.29, 0.717) is 0 Å². The van der Waals surface area contributed by atoms with E-state index < -0.39 is 5.41 Å². The van der Waals surface area contributed by atoms with Gasteiger partial charge >= 0.3 is 0 Å². The van der Waals surface area contributed by atoms with Gasteiger partial charge in [-0.15, -0.1) is 0 Å². The largest absolute Gasteiger partial charge is 0.457 e. The predicted molar refractivity (Wildman–Crippen MR) is 140 cm³/mol. The number of fused-ring (bicyclic) bond motifs is 4. The molecule has 0 unspecified atom stereocenters. The summed E-state index contributed by atoms with van der Waals surface area (Å²) in [4.78, 5) is 0. The fourth-order valence-electron chi connectivity index (χ4n) is 5.62. The zero-order valence-corrected chi connectivity index (χ0v) is 18.6. The highest BCUT2D eigenvalue weighted by atomic mass is 16.5. The summed E-state index contributed by atoms with van der Waals surface area (Å²) in [5, 5.41) is 4.79. The second-order valence-electron chi connectivity index (χ2n) is 8.98. The zero-order chi connectivity index (χ0) is 22.5. The van der Waals surface area contributed by atoms with Crippen LogP contribution in [0.4, 0.5) is 0 Å². The van der Waals surface area contributed by atoms with Crippen LogP contribution in [-0.2, 0) is 5.41 Å². The molecule has 160 valence electrons. The van der Waals surface area contributed by atoms with Crippen LogP contribution in [0.1, 0.15) is 22.3 Å². The molecule has 0 aliphatic carbocycles. The lowest BCUT2D eigenvalue weighted by molar-refractivity contribution is 0.436. The summed E-state index contributed by atoms with van der Waals surface area (Å²) in [6.07, 6.45) is 0. The van der Waals surface area contributed by atoms with E-state index in [1.165, 1.54) is 43.8 Å². The van der Waals surface area contributed by atoms with Crippen molar-refractivity contribution in [1.29, 1.82) is 0 Å². The van der Waals surface area contributed by atoms with Crippen molar-refractivity contribution in [2.24, 2.45) is 0 Å². The van der Waals surface area contributed by atoms with Crippen molar-refractivity contribution in [2.45, 2.75) is 5.41 Å². The molecular formula is C33H22O. The van der Waals surface area contributed by atoms with E-state index >= 15 is 0 Å². The molecule has 0 fully saturated rings. The van der Waals surface area contributed by atoms with E-state index in [4.69, 9.17) is 4.74 Å². The third-order valence-electron chi connectivity index (χ3n) is 7.14. The van der Waals surface area contributed by atoms with Gasteiger partial charge in [0.2, 0.25) is 0 Å². The molecule has 1 heterocycles. The first kappa shape index (κ1) is 19.1. The monoisotopic (exact) mass is 434 g/mol. The standard InChI is InChI=1S/C33H22O/c1-3-15-27(16-4-1)33(28-17-5-2-6-18-28)29-19-23-11-7-9-13-25(23)21-31(29)34-32-22-26-14-10-8-12-24(26)20-30(32)33/h1-22H. The summed E-state index contributed by atoms with van der Waals surface area (Å²) in [6.45, 7) is 0. The Kier molecular flexibility index (Phi) is 4.13. The van der Waals surface area contributed by atoms with Crippen LogP contribution in [0.5, 0.6) is 11.5 Å². The Hall–Kier alpha value is -4.36.